The standard InChI is InChI=1S/C13H18FNO2S/c1-3-15(10-13(16)17-2)8-9-18-12-6-4-11(14)5-7-12/h4-7H,3,8-10H2,1-2H3. The number of hydrogen-bond acceptors (Lipinski definition) is 4. The first-order chi connectivity index (χ1) is 8.65. The molecule has 0 amide bonds. The van der Waals surface area contributed by atoms with Gasteiger partial charge in [-0.2, -0.15) is 0 Å². The maximum atomic E-state index is 12.7. The summed E-state index contributed by atoms with van der Waals surface area (Å²) >= 11 is 1.65. The molecule has 18 heavy (non-hydrogen) atoms. The highest BCUT2D eigenvalue weighted by atomic mass is 32.2. The third-order valence-corrected chi connectivity index (χ3v) is 3.51. The Hall–Kier alpha value is -1.07. The lowest BCUT2D eigenvalue weighted by Gasteiger charge is -2.18. The van der Waals surface area contributed by atoms with E-state index >= 15 is 0 Å². The van der Waals surface area contributed by atoms with Gasteiger partial charge >= 0.3 is 5.97 Å². The Morgan fingerprint density at radius 1 is 1.39 bits per heavy atom. The zero-order chi connectivity index (χ0) is 13.4. The summed E-state index contributed by atoms with van der Waals surface area (Å²) in [4.78, 5) is 14.2. The van der Waals surface area contributed by atoms with Crippen LogP contribution in [0.5, 0.6) is 0 Å². The maximum Gasteiger partial charge on any atom is 0.319 e. The molecule has 1 aromatic rings. The molecule has 0 radical (unpaired) electrons. The van der Waals surface area contributed by atoms with Crippen molar-refractivity contribution in [1.82, 2.24) is 4.90 Å². The van der Waals surface area contributed by atoms with Crippen molar-refractivity contribution in [3.05, 3.63) is 30.1 Å². The number of carbonyl (C=O) groups excluding carboxylic acids is 1. The van der Waals surface area contributed by atoms with Crippen molar-refractivity contribution in [2.45, 2.75) is 11.8 Å². The molecule has 0 aliphatic carbocycles. The van der Waals surface area contributed by atoms with Crippen LogP contribution in [0.25, 0.3) is 0 Å². The van der Waals surface area contributed by atoms with Gasteiger partial charge in [0.25, 0.3) is 0 Å². The fourth-order valence-electron chi connectivity index (χ4n) is 1.42. The van der Waals surface area contributed by atoms with Crippen LogP contribution in [0.1, 0.15) is 6.92 Å². The van der Waals surface area contributed by atoms with Gasteiger partial charge in [0, 0.05) is 17.2 Å². The van der Waals surface area contributed by atoms with Crippen molar-refractivity contribution in [1.29, 1.82) is 0 Å². The summed E-state index contributed by atoms with van der Waals surface area (Å²) in [5.41, 5.74) is 0. The number of nitrogens with zero attached hydrogens (tertiary/aromatic N) is 1. The monoisotopic (exact) mass is 271 g/mol. The van der Waals surface area contributed by atoms with Crippen LogP contribution < -0.4 is 0 Å². The van der Waals surface area contributed by atoms with Gasteiger partial charge in [-0.3, -0.25) is 9.69 Å². The van der Waals surface area contributed by atoms with Crippen molar-refractivity contribution in [2.24, 2.45) is 0 Å². The van der Waals surface area contributed by atoms with Crippen molar-refractivity contribution in [2.75, 3.05) is 32.5 Å². The van der Waals surface area contributed by atoms with E-state index in [1.807, 2.05) is 11.8 Å². The first-order valence-corrected chi connectivity index (χ1v) is 6.81. The summed E-state index contributed by atoms with van der Waals surface area (Å²) < 4.78 is 17.3. The van der Waals surface area contributed by atoms with Gasteiger partial charge < -0.3 is 4.74 Å². The average molecular weight is 271 g/mol. The molecule has 3 nitrogen and oxygen atoms in total. The van der Waals surface area contributed by atoms with Crippen molar-refractivity contribution < 1.29 is 13.9 Å². The minimum atomic E-state index is -0.222. The Labute approximate surface area is 111 Å². The third kappa shape index (κ3) is 5.51. The lowest BCUT2D eigenvalue weighted by Crippen LogP contribution is -2.32. The van der Waals surface area contributed by atoms with Gasteiger partial charge in [0.05, 0.1) is 13.7 Å². The summed E-state index contributed by atoms with van der Waals surface area (Å²) in [5.74, 6) is 0.417. The molecular weight excluding hydrogens is 253 g/mol. The van der Waals surface area contributed by atoms with Crippen LogP contribution in [-0.2, 0) is 9.53 Å². The molecule has 1 aromatic carbocycles. The van der Waals surface area contributed by atoms with E-state index in [1.54, 1.807) is 23.9 Å². The fourth-order valence-corrected chi connectivity index (χ4v) is 2.33. The fraction of sp³-hybridized carbons (Fsp3) is 0.462. The number of ether oxygens (including phenoxy) is 1. The highest BCUT2D eigenvalue weighted by Crippen LogP contribution is 2.17. The van der Waals surface area contributed by atoms with E-state index in [9.17, 15) is 9.18 Å². The van der Waals surface area contributed by atoms with Gasteiger partial charge in [-0.15, -0.1) is 11.8 Å². The third-order valence-electron chi connectivity index (χ3n) is 2.52. The molecule has 0 saturated heterocycles. The molecule has 0 spiro atoms. The lowest BCUT2D eigenvalue weighted by atomic mass is 10.4. The van der Waals surface area contributed by atoms with Gasteiger partial charge in [0.15, 0.2) is 0 Å². The Kier molecular flexibility index (Phi) is 6.75. The molecule has 0 aliphatic heterocycles. The van der Waals surface area contributed by atoms with E-state index in [4.69, 9.17) is 0 Å². The minimum absolute atomic E-state index is 0.219. The van der Waals surface area contributed by atoms with Crippen LogP contribution in [0.15, 0.2) is 29.2 Å². The summed E-state index contributed by atoms with van der Waals surface area (Å²) in [6.07, 6.45) is 0. The molecule has 0 aromatic heterocycles. The van der Waals surface area contributed by atoms with Gasteiger partial charge in [0.2, 0.25) is 0 Å². The Bertz CT molecular complexity index is 370. The number of esters is 1. The van der Waals surface area contributed by atoms with Crippen LogP contribution in [0, 0.1) is 5.82 Å². The highest BCUT2D eigenvalue weighted by Gasteiger charge is 2.08. The molecule has 1 rings (SSSR count). The molecule has 0 saturated carbocycles. The van der Waals surface area contributed by atoms with Crippen LogP contribution in [0.3, 0.4) is 0 Å². The molecule has 0 atom stereocenters. The van der Waals surface area contributed by atoms with Crippen molar-refractivity contribution >= 4 is 17.7 Å². The number of likely N-dealkylation sites (N-methyl/N-ethyl adjacent to an activating group) is 1. The number of benzene rings is 1. The minimum Gasteiger partial charge on any atom is -0.468 e. The van der Waals surface area contributed by atoms with Crippen molar-refractivity contribution in [3.8, 4) is 0 Å². The van der Waals surface area contributed by atoms with Crippen LogP contribution >= 0.6 is 11.8 Å². The number of thioether (sulfide) groups is 1. The second-order valence-corrected chi connectivity index (χ2v) is 4.92. The van der Waals surface area contributed by atoms with Crippen LogP contribution in [0.2, 0.25) is 0 Å². The van der Waals surface area contributed by atoms with E-state index in [2.05, 4.69) is 4.74 Å². The van der Waals surface area contributed by atoms with Gasteiger partial charge in [-0.05, 0) is 30.8 Å². The van der Waals surface area contributed by atoms with Crippen LogP contribution in [0.4, 0.5) is 4.39 Å². The Balaban J connectivity index is 2.30. The van der Waals surface area contributed by atoms with E-state index < -0.39 is 0 Å². The van der Waals surface area contributed by atoms with E-state index in [0.29, 0.717) is 6.54 Å². The summed E-state index contributed by atoms with van der Waals surface area (Å²) in [7, 11) is 1.39. The van der Waals surface area contributed by atoms with E-state index in [0.717, 1.165) is 23.7 Å². The Morgan fingerprint density at radius 3 is 2.61 bits per heavy atom. The molecule has 100 valence electrons. The molecule has 0 fully saturated rings. The van der Waals surface area contributed by atoms with Gasteiger partial charge in [-0.25, -0.2) is 4.39 Å². The normalized spacial score (nSPS) is 10.7. The first kappa shape index (κ1) is 15.0. The predicted octanol–water partition coefficient (Wildman–Crippen LogP) is 2.41. The number of rotatable bonds is 7. The molecule has 0 unspecified atom stereocenters. The summed E-state index contributed by atoms with van der Waals surface area (Å²) in [5, 5.41) is 0. The largest absolute Gasteiger partial charge is 0.468 e. The number of carbonyl (C=O) groups is 1. The van der Waals surface area contributed by atoms with E-state index in [-0.39, 0.29) is 11.8 Å². The predicted molar refractivity (Wildman–Crippen MR) is 71.3 cm³/mol. The SMILES string of the molecule is CCN(CCSc1ccc(F)cc1)CC(=O)OC. The Morgan fingerprint density at radius 2 is 2.06 bits per heavy atom. The molecule has 0 aliphatic rings. The zero-order valence-corrected chi connectivity index (χ0v) is 11.5. The second kappa shape index (κ2) is 8.11. The molecule has 0 heterocycles. The quantitative estimate of drug-likeness (QED) is 0.562. The topological polar surface area (TPSA) is 29.5 Å². The smallest absolute Gasteiger partial charge is 0.319 e. The lowest BCUT2D eigenvalue weighted by molar-refractivity contribution is -0.141. The number of hydrogen-bond donors (Lipinski definition) is 0. The second-order valence-electron chi connectivity index (χ2n) is 3.75. The van der Waals surface area contributed by atoms with Gasteiger partial charge in [0.1, 0.15) is 5.82 Å². The molecular formula is C13H18FNO2S. The summed E-state index contributed by atoms with van der Waals surface area (Å²) in [6.45, 7) is 3.93. The maximum absolute atomic E-state index is 12.7. The molecule has 0 N–H and O–H groups in total. The first-order valence-electron chi connectivity index (χ1n) is 5.83. The average Bonchev–Trinajstić information content (AvgIpc) is 2.39. The molecule has 5 heteroatoms. The van der Waals surface area contributed by atoms with Crippen LogP contribution in [-0.4, -0.2) is 43.4 Å². The molecule has 0 bridgehead atoms. The number of methoxy groups -OCH3 is 1. The highest BCUT2D eigenvalue weighted by molar-refractivity contribution is 7.99. The van der Waals surface area contributed by atoms with E-state index in [1.165, 1.54) is 19.2 Å². The number of halogens is 1. The van der Waals surface area contributed by atoms with Gasteiger partial charge in [-0.1, -0.05) is 6.92 Å². The van der Waals surface area contributed by atoms with Crippen molar-refractivity contribution in [3.63, 3.8) is 0 Å². The zero-order valence-electron chi connectivity index (χ0n) is 10.7. The summed E-state index contributed by atoms with van der Waals surface area (Å²) in [6, 6.07) is 6.43.